The maximum Gasteiger partial charge on any atom is 0.264 e. The average Bonchev–Trinajstić information content (AvgIpc) is 3.49. The zero-order chi connectivity index (χ0) is 29.4. The minimum Gasteiger partial charge on any atom is -0.352 e. The van der Waals surface area contributed by atoms with Crippen molar-refractivity contribution in [2.45, 2.75) is 69.4 Å². The van der Waals surface area contributed by atoms with Gasteiger partial charge in [-0.2, -0.15) is 0 Å². The van der Waals surface area contributed by atoms with Gasteiger partial charge in [0.1, 0.15) is 12.6 Å². The first-order chi connectivity index (χ1) is 19.7. The van der Waals surface area contributed by atoms with Gasteiger partial charge in [0.15, 0.2) is 0 Å². The molecule has 0 saturated heterocycles. The maximum absolute atomic E-state index is 14.1. The molecule has 1 atom stereocenters. The molecule has 2 amide bonds. The van der Waals surface area contributed by atoms with Crippen LogP contribution < -0.4 is 9.62 Å². The Morgan fingerprint density at radius 2 is 1.61 bits per heavy atom. The molecule has 3 aromatic carbocycles. The van der Waals surface area contributed by atoms with Crippen molar-refractivity contribution in [3.8, 4) is 0 Å². The Bertz CT molecular complexity index is 1430. The van der Waals surface area contributed by atoms with E-state index in [9.17, 15) is 18.0 Å². The van der Waals surface area contributed by atoms with E-state index in [1.165, 1.54) is 12.1 Å². The van der Waals surface area contributed by atoms with Gasteiger partial charge in [0.05, 0.1) is 10.6 Å². The predicted molar refractivity (Wildman–Crippen MR) is 163 cm³/mol. The number of anilines is 1. The number of sulfonamides is 1. The Morgan fingerprint density at radius 3 is 2.22 bits per heavy atom. The lowest BCUT2D eigenvalue weighted by Gasteiger charge is -2.34. The number of carbonyl (C=O) groups is 2. The molecule has 0 unspecified atom stereocenters. The number of nitrogens with zero attached hydrogens (tertiary/aromatic N) is 2. The van der Waals surface area contributed by atoms with Gasteiger partial charge >= 0.3 is 0 Å². The van der Waals surface area contributed by atoms with Crippen LogP contribution in [0.2, 0.25) is 5.02 Å². The number of amides is 2. The van der Waals surface area contributed by atoms with Crippen LogP contribution in [0.25, 0.3) is 0 Å². The fourth-order valence-corrected chi connectivity index (χ4v) is 6.85. The molecule has 1 N–H and O–H groups in total. The summed E-state index contributed by atoms with van der Waals surface area (Å²) in [5.41, 5.74) is 2.10. The molecule has 0 aliphatic heterocycles. The minimum atomic E-state index is -4.12. The van der Waals surface area contributed by atoms with Gasteiger partial charge in [-0.05, 0) is 68.0 Å². The lowest BCUT2D eigenvalue weighted by Crippen LogP contribution is -2.54. The zero-order valence-corrected chi connectivity index (χ0v) is 25.2. The summed E-state index contributed by atoms with van der Waals surface area (Å²) in [5, 5.41) is 3.53. The van der Waals surface area contributed by atoms with E-state index in [1.54, 1.807) is 41.3 Å². The molecule has 0 radical (unpaired) electrons. The van der Waals surface area contributed by atoms with Crippen molar-refractivity contribution in [3.63, 3.8) is 0 Å². The number of aryl methyl sites for hydroxylation is 1. The van der Waals surface area contributed by atoms with Crippen LogP contribution in [-0.2, 0) is 26.0 Å². The normalized spacial score (nSPS) is 14.4. The van der Waals surface area contributed by atoms with E-state index in [2.05, 4.69) is 5.32 Å². The molecule has 1 aliphatic rings. The summed E-state index contributed by atoms with van der Waals surface area (Å²) in [6.45, 7) is 3.50. The second kappa shape index (κ2) is 14.0. The molecule has 0 heterocycles. The van der Waals surface area contributed by atoms with Crippen LogP contribution >= 0.6 is 11.6 Å². The fraction of sp³-hybridized carbons (Fsp3) is 0.375. The number of rotatable bonds is 12. The zero-order valence-electron chi connectivity index (χ0n) is 23.6. The van der Waals surface area contributed by atoms with Crippen molar-refractivity contribution >= 4 is 39.1 Å². The highest BCUT2D eigenvalue weighted by Crippen LogP contribution is 2.28. The highest BCUT2D eigenvalue weighted by Gasteiger charge is 2.34. The third-order valence-corrected chi connectivity index (χ3v) is 9.82. The summed E-state index contributed by atoms with van der Waals surface area (Å²) in [5.74, 6) is -0.651. The molecule has 4 rings (SSSR count). The summed E-state index contributed by atoms with van der Waals surface area (Å²) < 4.78 is 28.9. The SMILES string of the molecule is CC[C@@H](C(=O)NC1CCCC1)N(CCc1ccccc1)C(=O)CN(c1ccc(C)c(Cl)c1)S(=O)(=O)c1ccccc1. The molecule has 218 valence electrons. The minimum absolute atomic E-state index is 0.0614. The molecule has 0 spiro atoms. The van der Waals surface area contributed by atoms with E-state index < -0.39 is 28.5 Å². The van der Waals surface area contributed by atoms with E-state index in [0.29, 0.717) is 17.9 Å². The summed E-state index contributed by atoms with van der Waals surface area (Å²) in [4.78, 5) is 29.2. The van der Waals surface area contributed by atoms with Gasteiger partial charge in [0, 0.05) is 17.6 Å². The third kappa shape index (κ3) is 7.68. The molecular weight excluding hydrogens is 558 g/mol. The van der Waals surface area contributed by atoms with Crippen molar-refractivity contribution in [3.05, 3.63) is 95.0 Å². The molecule has 1 fully saturated rings. The van der Waals surface area contributed by atoms with E-state index in [1.807, 2.05) is 44.2 Å². The van der Waals surface area contributed by atoms with Crippen molar-refractivity contribution in [1.82, 2.24) is 10.2 Å². The van der Waals surface area contributed by atoms with Gasteiger partial charge in [0.25, 0.3) is 10.0 Å². The molecule has 1 aliphatic carbocycles. The van der Waals surface area contributed by atoms with Crippen LogP contribution in [0.3, 0.4) is 0 Å². The monoisotopic (exact) mass is 595 g/mol. The molecule has 41 heavy (non-hydrogen) atoms. The Hall–Kier alpha value is -3.36. The van der Waals surface area contributed by atoms with Crippen LogP contribution in [0.4, 0.5) is 5.69 Å². The second-order valence-corrected chi connectivity index (χ2v) is 12.8. The topological polar surface area (TPSA) is 86.8 Å². The van der Waals surface area contributed by atoms with Gasteiger partial charge in [-0.3, -0.25) is 13.9 Å². The molecule has 0 bridgehead atoms. The third-order valence-electron chi connectivity index (χ3n) is 7.63. The van der Waals surface area contributed by atoms with Gasteiger partial charge in [-0.15, -0.1) is 0 Å². The standard InChI is InChI=1S/C32H38ClN3O4S/c1-3-30(32(38)34-26-14-10-11-15-26)35(21-20-25-12-6-4-7-13-25)31(37)23-36(27-19-18-24(2)29(33)22-27)41(39,40)28-16-8-5-9-17-28/h4-9,12-13,16-19,22,26,30H,3,10-11,14-15,20-21,23H2,1-2H3,(H,34,38)/t30-/m0/s1. The van der Waals surface area contributed by atoms with Crippen LogP contribution in [0.5, 0.6) is 0 Å². The number of hydrogen-bond acceptors (Lipinski definition) is 4. The first-order valence-electron chi connectivity index (χ1n) is 14.2. The summed E-state index contributed by atoms with van der Waals surface area (Å²) in [6.07, 6.45) is 4.94. The molecular formula is C32H38ClN3O4S. The summed E-state index contributed by atoms with van der Waals surface area (Å²) in [7, 11) is -4.12. The predicted octanol–water partition coefficient (Wildman–Crippen LogP) is 5.75. The van der Waals surface area contributed by atoms with Crippen LogP contribution in [-0.4, -0.2) is 50.3 Å². The second-order valence-electron chi connectivity index (χ2n) is 10.5. The molecule has 0 aromatic heterocycles. The quantitative estimate of drug-likeness (QED) is 0.289. The first kappa shape index (κ1) is 30.6. The van der Waals surface area contributed by atoms with Gasteiger partial charge < -0.3 is 10.2 Å². The summed E-state index contributed by atoms with van der Waals surface area (Å²) in [6, 6.07) is 22.1. The van der Waals surface area contributed by atoms with Crippen molar-refractivity contribution in [2.75, 3.05) is 17.4 Å². The smallest absolute Gasteiger partial charge is 0.264 e. The lowest BCUT2D eigenvalue weighted by atomic mass is 10.1. The highest BCUT2D eigenvalue weighted by atomic mass is 35.5. The Labute approximate surface area is 248 Å². The van der Waals surface area contributed by atoms with E-state index in [-0.39, 0.29) is 29.1 Å². The van der Waals surface area contributed by atoms with Gasteiger partial charge in [0.2, 0.25) is 11.8 Å². The van der Waals surface area contributed by atoms with Gasteiger partial charge in [-0.25, -0.2) is 8.42 Å². The number of benzene rings is 3. The summed E-state index contributed by atoms with van der Waals surface area (Å²) >= 11 is 6.40. The average molecular weight is 596 g/mol. The fourth-order valence-electron chi connectivity index (χ4n) is 5.25. The molecule has 1 saturated carbocycles. The van der Waals surface area contributed by atoms with Crippen molar-refractivity contribution < 1.29 is 18.0 Å². The van der Waals surface area contributed by atoms with E-state index >= 15 is 0 Å². The number of nitrogens with one attached hydrogen (secondary N) is 1. The Balaban J connectivity index is 1.68. The maximum atomic E-state index is 14.1. The molecule has 7 nitrogen and oxygen atoms in total. The molecule has 9 heteroatoms. The van der Waals surface area contributed by atoms with Crippen molar-refractivity contribution in [1.29, 1.82) is 0 Å². The van der Waals surface area contributed by atoms with Crippen molar-refractivity contribution in [2.24, 2.45) is 0 Å². The Morgan fingerprint density at radius 1 is 0.976 bits per heavy atom. The first-order valence-corrected chi connectivity index (χ1v) is 16.0. The van der Waals surface area contributed by atoms with Crippen LogP contribution in [0.1, 0.15) is 50.2 Å². The van der Waals surface area contributed by atoms with Gasteiger partial charge in [-0.1, -0.05) is 86.0 Å². The highest BCUT2D eigenvalue weighted by molar-refractivity contribution is 7.92. The number of halogens is 1. The molecule has 3 aromatic rings. The lowest BCUT2D eigenvalue weighted by molar-refractivity contribution is -0.139. The van der Waals surface area contributed by atoms with Crippen LogP contribution in [0.15, 0.2) is 83.8 Å². The largest absolute Gasteiger partial charge is 0.352 e. The number of hydrogen-bond donors (Lipinski definition) is 1. The van der Waals surface area contributed by atoms with E-state index in [4.69, 9.17) is 11.6 Å². The van der Waals surface area contributed by atoms with E-state index in [0.717, 1.165) is 41.1 Å². The Kier molecular flexibility index (Phi) is 10.5. The van der Waals surface area contributed by atoms with Crippen LogP contribution in [0, 0.1) is 6.92 Å². The number of carbonyl (C=O) groups excluding carboxylic acids is 2.